The molecule has 0 radical (unpaired) electrons. The Hall–Kier alpha value is -2.89. The number of rotatable bonds is 8. The first-order valence-electron chi connectivity index (χ1n) is 10.3. The zero-order chi connectivity index (χ0) is 22.5. The lowest BCUT2D eigenvalue weighted by atomic mass is 9.87. The highest BCUT2D eigenvalue weighted by atomic mass is 16.5. The predicted molar refractivity (Wildman–Crippen MR) is 117 cm³/mol. The monoisotopic (exact) mass is 412 g/mol. The largest absolute Gasteiger partial charge is 0.457 e. The molecule has 2 rings (SSSR count). The van der Waals surface area contributed by atoms with Gasteiger partial charge in [-0.15, -0.1) is 0 Å². The number of benzene rings is 1. The number of amides is 1. The number of esters is 1. The summed E-state index contributed by atoms with van der Waals surface area (Å²) in [4.78, 5) is 36.5. The molecule has 0 fully saturated rings. The van der Waals surface area contributed by atoms with E-state index in [2.05, 4.69) is 26.1 Å². The van der Waals surface area contributed by atoms with E-state index in [9.17, 15) is 14.4 Å². The third-order valence-corrected chi connectivity index (χ3v) is 5.18. The average molecular weight is 413 g/mol. The summed E-state index contributed by atoms with van der Waals surface area (Å²) in [5.41, 5.74) is 4.16. The fourth-order valence-electron chi connectivity index (χ4n) is 3.37. The Bertz CT molecular complexity index is 918. The maximum atomic E-state index is 12.4. The summed E-state index contributed by atoms with van der Waals surface area (Å²) in [6.07, 6.45) is 0.00702. The van der Waals surface area contributed by atoms with E-state index in [-0.39, 0.29) is 36.7 Å². The highest BCUT2D eigenvalue weighted by molar-refractivity contribution is 5.99. The van der Waals surface area contributed by atoms with Crippen LogP contribution in [0.15, 0.2) is 30.3 Å². The zero-order valence-corrected chi connectivity index (χ0v) is 18.8. The number of Topliss-reactive ketones (excluding diaryl/α,β-unsaturated/α-hetero) is 1. The van der Waals surface area contributed by atoms with Crippen molar-refractivity contribution in [2.45, 2.75) is 59.9 Å². The Labute approximate surface area is 178 Å². The number of ether oxygens (including phenoxy) is 1. The van der Waals surface area contributed by atoms with Gasteiger partial charge in [-0.2, -0.15) is 0 Å². The number of carbonyl (C=O) groups excluding carboxylic acids is 3. The van der Waals surface area contributed by atoms with Crippen LogP contribution >= 0.6 is 0 Å². The minimum absolute atomic E-state index is 0.00702. The molecule has 1 N–H and O–H groups in total. The van der Waals surface area contributed by atoms with Crippen LogP contribution in [-0.4, -0.2) is 35.4 Å². The molecule has 1 aromatic carbocycles. The van der Waals surface area contributed by atoms with Gasteiger partial charge in [0.05, 0.1) is 6.42 Å². The number of hydrogen-bond donors (Lipinski definition) is 1. The SMILES string of the molecule is CCn1c(C)cc(C(=O)COC(=O)CCNC(=O)c2ccc(C(C)(C)C)cc2)c1C. The normalized spacial score (nSPS) is 11.3. The van der Waals surface area contributed by atoms with Crippen LogP contribution in [0.25, 0.3) is 0 Å². The molecule has 0 aliphatic carbocycles. The summed E-state index contributed by atoms with van der Waals surface area (Å²) in [5, 5.41) is 2.71. The highest BCUT2D eigenvalue weighted by Crippen LogP contribution is 2.22. The van der Waals surface area contributed by atoms with E-state index < -0.39 is 5.97 Å². The van der Waals surface area contributed by atoms with E-state index in [0.29, 0.717) is 11.1 Å². The second-order valence-electron chi connectivity index (χ2n) is 8.45. The summed E-state index contributed by atoms with van der Waals surface area (Å²) in [7, 11) is 0. The molecule has 0 aliphatic heterocycles. The average Bonchev–Trinajstić information content (AvgIpc) is 2.98. The summed E-state index contributed by atoms with van der Waals surface area (Å²) < 4.78 is 7.13. The van der Waals surface area contributed by atoms with E-state index in [1.165, 1.54) is 0 Å². The molecule has 162 valence electrons. The summed E-state index contributed by atoms with van der Waals surface area (Å²) in [6.45, 7) is 12.8. The zero-order valence-electron chi connectivity index (χ0n) is 18.8. The number of ketones is 1. The molecule has 0 atom stereocenters. The molecule has 1 aromatic heterocycles. The van der Waals surface area contributed by atoms with Crippen LogP contribution in [-0.2, 0) is 21.5 Å². The van der Waals surface area contributed by atoms with Crippen molar-refractivity contribution in [3.05, 3.63) is 58.4 Å². The molecule has 0 saturated carbocycles. The summed E-state index contributed by atoms with van der Waals surface area (Å²) in [5.74, 6) is -0.985. The van der Waals surface area contributed by atoms with Gasteiger partial charge in [-0.05, 0) is 49.9 Å². The van der Waals surface area contributed by atoms with Gasteiger partial charge in [0.25, 0.3) is 5.91 Å². The van der Waals surface area contributed by atoms with Crippen LogP contribution in [0.3, 0.4) is 0 Å². The number of aromatic nitrogens is 1. The molecular formula is C24H32N2O4. The van der Waals surface area contributed by atoms with Gasteiger partial charge in [-0.3, -0.25) is 14.4 Å². The van der Waals surface area contributed by atoms with Gasteiger partial charge in [0.1, 0.15) is 0 Å². The highest BCUT2D eigenvalue weighted by Gasteiger charge is 2.17. The molecule has 0 unspecified atom stereocenters. The van der Waals surface area contributed by atoms with E-state index >= 15 is 0 Å². The molecule has 0 aliphatic rings. The Kier molecular flexibility index (Phi) is 7.59. The topological polar surface area (TPSA) is 77.4 Å². The maximum Gasteiger partial charge on any atom is 0.308 e. The first kappa shape index (κ1) is 23.4. The van der Waals surface area contributed by atoms with Gasteiger partial charge in [-0.1, -0.05) is 32.9 Å². The number of carbonyl (C=O) groups is 3. The molecule has 1 heterocycles. The first-order valence-corrected chi connectivity index (χ1v) is 10.3. The van der Waals surface area contributed by atoms with Crippen molar-refractivity contribution in [1.29, 1.82) is 0 Å². The Morgan fingerprint density at radius 3 is 2.23 bits per heavy atom. The van der Waals surface area contributed by atoms with Gasteiger partial charge in [0.15, 0.2) is 6.61 Å². The fourth-order valence-corrected chi connectivity index (χ4v) is 3.37. The molecule has 2 aromatic rings. The van der Waals surface area contributed by atoms with Gasteiger partial charge < -0.3 is 14.6 Å². The summed E-state index contributed by atoms with van der Waals surface area (Å²) in [6, 6.07) is 9.24. The van der Waals surface area contributed by atoms with E-state index in [1.54, 1.807) is 12.1 Å². The van der Waals surface area contributed by atoms with Crippen LogP contribution < -0.4 is 5.32 Å². The predicted octanol–water partition coefficient (Wildman–Crippen LogP) is 3.97. The number of hydrogen-bond acceptors (Lipinski definition) is 4. The van der Waals surface area contributed by atoms with Gasteiger partial charge in [0.2, 0.25) is 5.78 Å². The third kappa shape index (κ3) is 5.81. The van der Waals surface area contributed by atoms with Crippen molar-refractivity contribution < 1.29 is 19.1 Å². The fraction of sp³-hybridized carbons (Fsp3) is 0.458. The van der Waals surface area contributed by atoms with E-state index in [0.717, 1.165) is 23.5 Å². The molecule has 0 spiro atoms. The lowest BCUT2D eigenvalue weighted by Crippen LogP contribution is -2.27. The minimum atomic E-state index is -0.518. The number of nitrogens with one attached hydrogen (secondary N) is 1. The van der Waals surface area contributed by atoms with E-state index in [1.807, 2.05) is 43.5 Å². The van der Waals surface area contributed by atoms with Crippen LogP contribution in [0.5, 0.6) is 0 Å². The molecule has 6 heteroatoms. The van der Waals surface area contributed by atoms with Crippen molar-refractivity contribution in [3.8, 4) is 0 Å². The lowest BCUT2D eigenvalue weighted by Gasteiger charge is -2.19. The standard InChI is InChI=1S/C24H32N2O4/c1-7-26-16(2)14-20(17(26)3)21(27)15-30-22(28)12-13-25-23(29)18-8-10-19(11-9-18)24(4,5)6/h8-11,14H,7,12-13,15H2,1-6H3,(H,25,29). The van der Waals surface area contributed by atoms with Gasteiger partial charge in [-0.25, -0.2) is 0 Å². The first-order chi connectivity index (χ1) is 14.0. The van der Waals surface area contributed by atoms with Crippen LogP contribution in [0.2, 0.25) is 0 Å². The minimum Gasteiger partial charge on any atom is -0.457 e. The quantitative estimate of drug-likeness (QED) is 0.526. The molecule has 0 saturated heterocycles. The van der Waals surface area contributed by atoms with Gasteiger partial charge >= 0.3 is 5.97 Å². The van der Waals surface area contributed by atoms with E-state index in [4.69, 9.17) is 4.74 Å². The Morgan fingerprint density at radius 1 is 1.07 bits per heavy atom. The van der Waals surface area contributed by atoms with Crippen molar-refractivity contribution in [2.24, 2.45) is 0 Å². The Balaban J connectivity index is 1.78. The van der Waals surface area contributed by atoms with Crippen LogP contribution in [0.1, 0.15) is 71.8 Å². The van der Waals surface area contributed by atoms with Crippen LogP contribution in [0, 0.1) is 13.8 Å². The van der Waals surface area contributed by atoms with Crippen LogP contribution in [0.4, 0.5) is 0 Å². The lowest BCUT2D eigenvalue weighted by molar-refractivity contribution is -0.142. The molecular weight excluding hydrogens is 380 g/mol. The smallest absolute Gasteiger partial charge is 0.308 e. The third-order valence-electron chi connectivity index (χ3n) is 5.18. The molecule has 0 bridgehead atoms. The number of nitrogens with zero attached hydrogens (tertiary/aromatic N) is 1. The van der Waals surface area contributed by atoms with Crippen molar-refractivity contribution in [2.75, 3.05) is 13.2 Å². The summed E-state index contributed by atoms with van der Waals surface area (Å²) >= 11 is 0. The Morgan fingerprint density at radius 2 is 1.70 bits per heavy atom. The van der Waals surface area contributed by atoms with Crippen molar-refractivity contribution in [3.63, 3.8) is 0 Å². The molecule has 1 amide bonds. The second-order valence-corrected chi connectivity index (χ2v) is 8.45. The van der Waals surface area contributed by atoms with Crippen molar-refractivity contribution in [1.82, 2.24) is 9.88 Å². The molecule has 6 nitrogen and oxygen atoms in total. The second kappa shape index (κ2) is 9.74. The van der Waals surface area contributed by atoms with Gasteiger partial charge in [0, 0.05) is 35.6 Å². The number of aryl methyl sites for hydroxylation is 1. The van der Waals surface area contributed by atoms with Crippen molar-refractivity contribution >= 4 is 17.7 Å². The molecule has 30 heavy (non-hydrogen) atoms. The maximum absolute atomic E-state index is 12.4.